The summed E-state index contributed by atoms with van der Waals surface area (Å²) >= 11 is 0. The van der Waals surface area contributed by atoms with E-state index >= 15 is 0 Å². The lowest BCUT2D eigenvalue weighted by Gasteiger charge is -2.12. The van der Waals surface area contributed by atoms with Crippen LogP contribution in [-0.4, -0.2) is 16.9 Å². The number of rotatable bonds is 1. The van der Waals surface area contributed by atoms with Gasteiger partial charge in [0.05, 0.1) is 5.69 Å². The Labute approximate surface area is 88.1 Å². The lowest BCUT2D eigenvalue weighted by molar-refractivity contribution is -0.121. The molecule has 0 aromatic carbocycles. The molecule has 0 saturated heterocycles. The van der Waals surface area contributed by atoms with Gasteiger partial charge in [0.2, 0.25) is 5.78 Å². The maximum absolute atomic E-state index is 11.9. The first-order chi connectivity index (χ1) is 7.31. The van der Waals surface area contributed by atoms with Crippen molar-refractivity contribution in [1.82, 2.24) is 4.98 Å². The number of carbonyl (C=O) groups is 1. The van der Waals surface area contributed by atoms with Crippen LogP contribution >= 0.6 is 0 Å². The van der Waals surface area contributed by atoms with Gasteiger partial charge < -0.3 is 9.72 Å². The molecule has 0 saturated carbocycles. The molecule has 2 heterocycles. The summed E-state index contributed by atoms with van der Waals surface area (Å²) in [6.07, 6.45) is 4.19. The molecule has 15 heavy (non-hydrogen) atoms. The van der Waals surface area contributed by atoms with E-state index < -0.39 is 0 Å². The highest BCUT2D eigenvalue weighted by atomic mass is 16.5. The number of Topliss-reactive ketones (excluding diaryl/α,β-unsaturated/α-hetero) is 1. The molecule has 0 spiro atoms. The zero-order chi connectivity index (χ0) is 10.4. The molecule has 0 amide bonds. The number of hydrogen-bond donors (Lipinski definition) is 1. The van der Waals surface area contributed by atoms with Crippen molar-refractivity contribution in [3.05, 3.63) is 29.1 Å². The molecule has 3 heteroatoms. The largest absolute Gasteiger partial charge is 0.480 e. The minimum absolute atomic E-state index is 0.188. The summed E-state index contributed by atoms with van der Waals surface area (Å²) in [5, 5.41) is 0. The van der Waals surface area contributed by atoms with Crippen molar-refractivity contribution < 1.29 is 9.53 Å². The third kappa shape index (κ3) is 1.09. The van der Waals surface area contributed by atoms with Crippen LogP contribution in [0, 0.1) is 0 Å². The molecular formula is C12H13NO2. The smallest absolute Gasteiger partial charge is 0.203 e. The predicted octanol–water partition coefficient (Wildman–Crippen LogP) is 2.05. The fourth-order valence-corrected chi connectivity index (χ4v) is 2.37. The Balaban J connectivity index is 2.08. The summed E-state index contributed by atoms with van der Waals surface area (Å²) in [6, 6.07) is 2.06. The fraction of sp³-hybridized carbons (Fsp3) is 0.417. The number of hydrogen-bond acceptors (Lipinski definition) is 2. The average Bonchev–Trinajstić information content (AvgIpc) is 2.82. The number of aromatic amines is 1. The quantitative estimate of drug-likeness (QED) is 0.759. The zero-order valence-electron chi connectivity index (χ0n) is 8.67. The lowest BCUT2D eigenvalue weighted by Crippen LogP contribution is -2.16. The zero-order valence-corrected chi connectivity index (χ0v) is 8.67. The van der Waals surface area contributed by atoms with E-state index in [9.17, 15) is 4.79 Å². The Morgan fingerprint density at radius 3 is 3.20 bits per heavy atom. The first-order valence-electron chi connectivity index (χ1n) is 5.42. The van der Waals surface area contributed by atoms with Crippen molar-refractivity contribution in [3.8, 4) is 0 Å². The van der Waals surface area contributed by atoms with Gasteiger partial charge >= 0.3 is 0 Å². The standard InChI is InChI=1S/C12H13NO2/c1-2-9-11(14)8-4-3-7-5-6-13-10(7)12(8)15-9/h5-6,9,13H,2-4H2,1H3. The van der Waals surface area contributed by atoms with Gasteiger partial charge in [0.25, 0.3) is 0 Å². The van der Waals surface area contributed by atoms with E-state index in [0.717, 1.165) is 36.3 Å². The number of nitrogens with one attached hydrogen (secondary N) is 1. The van der Waals surface area contributed by atoms with Crippen molar-refractivity contribution in [3.63, 3.8) is 0 Å². The minimum atomic E-state index is -0.246. The molecule has 3 nitrogen and oxygen atoms in total. The molecular weight excluding hydrogens is 190 g/mol. The van der Waals surface area contributed by atoms with E-state index in [2.05, 4.69) is 11.1 Å². The second kappa shape index (κ2) is 2.99. The van der Waals surface area contributed by atoms with Crippen LogP contribution < -0.4 is 0 Å². The third-order valence-corrected chi connectivity index (χ3v) is 3.20. The molecule has 3 rings (SSSR count). The Morgan fingerprint density at radius 1 is 1.53 bits per heavy atom. The second-order valence-electron chi connectivity index (χ2n) is 4.06. The van der Waals surface area contributed by atoms with Gasteiger partial charge in [0.1, 0.15) is 0 Å². The first-order valence-corrected chi connectivity index (χ1v) is 5.42. The molecule has 1 unspecified atom stereocenters. The van der Waals surface area contributed by atoms with Crippen LogP contribution in [0.4, 0.5) is 0 Å². The highest BCUT2D eigenvalue weighted by Crippen LogP contribution is 2.38. The summed E-state index contributed by atoms with van der Waals surface area (Å²) in [4.78, 5) is 15.1. The van der Waals surface area contributed by atoms with E-state index in [1.807, 2.05) is 13.1 Å². The highest BCUT2D eigenvalue weighted by molar-refractivity contribution is 6.08. The van der Waals surface area contributed by atoms with Crippen molar-refractivity contribution in [2.75, 3.05) is 0 Å². The second-order valence-corrected chi connectivity index (χ2v) is 4.06. The molecule has 1 atom stereocenters. The van der Waals surface area contributed by atoms with Gasteiger partial charge in [-0.05, 0) is 30.9 Å². The summed E-state index contributed by atoms with van der Waals surface area (Å²) in [6.45, 7) is 1.98. The van der Waals surface area contributed by atoms with Gasteiger partial charge in [-0.1, -0.05) is 6.92 Å². The summed E-state index contributed by atoms with van der Waals surface area (Å²) in [7, 11) is 0. The molecule has 0 bridgehead atoms. The predicted molar refractivity (Wildman–Crippen MR) is 56.2 cm³/mol. The van der Waals surface area contributed by atoms with Crippen molar-refractivity contribution in [1.29, 1.82) is 0 Å². The van der Waals surface area contributed by atoms with Gasteiger partial charge in [0.15, 0.2) is 11.9 Å². The van der Waals surface area contributed by atoms with Crippen LogP contribution in [-0.2, 0) is 16.0 Å². The summed E-state index contributed by atoms with van der Waals surface area (Å²) in [5.74, 6) is 0.992. The maximum Gasteiger partial charge on any atom is 0.203 e. The molecule has 1 aliphatic carbocycles. The molecule has 78 valence electrons. The number of ketones is 1. The Morgan fingerprint density at radius 2 is 2.40 bits per heavy atom. The molecule has 1 aromatic rings. The number of ether oxygens (including phenoxy) is 1. The Bertz CT molecular complexity index is 456. The third-order valence-electron chi connectivity index (χ3n) is 3.20. The fourth-order valence-electron chi connectivity index (χ4n) is 2.37. The number of aryl methyl sites for hydroxylation is 1. The maximum atomic E-state index is 11.9. The number of H-pyrrole nitrogens is 1. The van der Waals surface area contributed by atoms with Crippen LogP contribution in [0.15, 0.2) is 17.8 Å². The van der Waals surface area contributed by atoms with E-state index in [0.29, 0.717) is 0 Å². The van der Waals surface area contributed by atoms with Gasteiger partial charge in [-0.15, -0.1) is 0 Å². The van der Waals surface area contributed by atoms with Gasteiger partial charge in [0, 0.05) is 11.8 Å². The van der Waals surface area contributed by atoms with Gasteiger partial charge in [-0.2, -0.15) is 0 Å². The van der Waals surface area contributed by atoms with E-state index in [4.69, 9.17) is 4.74 Å². The normalized spacial score (nSPS) is 23.8. The molecule has 0 radical (unpaired) electrons. The van der Waals surface area contributed by atoms with E-state index in [-0.39, 0.29) is 11.9 Å². The first kappa shape index (κ1) is 8.77. The van der Waals surface area contributed by atoms with E-state index in [1.54, 1.807) is 0 Å². The lowest BCUT2D eigenvalue weighted by atomic mass is 9.93. The van der Waals surface area contributed by atoms with Gasteiger partial charge in [-0.25, -0.2) is 0 Å². The van der Waals surface area contributed by atoms with Crippen molar-refractivity contribution in [2.45, 2.75) is 32.3 Å². The van der Waals surface area contributed by atoms with Gasteiger partial charge in [-0.3, -0.25) is 4.79 Å². The SMILES string of the molecule is CCC1OC2=C(CCc3cc[nH]c32)C1=O. The molecule has 1 N–H and O–H groups in total. The van der Waals surface area contributed by atoms with Crippen LogP contribution in [0.5, 0.6) is 0 Å². The number of aromatic nitrogens is 1. The molecule has 0 fully saturated rings. The Hall–Kier alpha value is -1.51. The van der Waals surface area contributed by atoms with E-state index in [1.165, 1.54) is 5.56 Å². The molecule has 2 aliphatic rings. The van der Waals surface area contributed by atoms with Crippen LogP contribution in [0.2, 0.25) is 0 Å². The monoisotopic (exact) mass is 203 g/mol. The van der Waals surface area contributed by atoms with Crippen LogP contribution in [0.3, 0.4) is 0 Å². The molecule has 1 aliphatic heterocycles. The van der Waals surface area contributed by atoms with Crippen LogP contribution in [0.1, 0.15) is 31.0 Å². The number of fused-ring (bicyclic) bond motifs is 2. The van der Waals surface area contributed by atoms with Crippen molar-refractivity contribution in [2.24, 2.45) is 0 Å². The minimum Gasteiger partial charge on any atom is -0.480 e. The highest BCUT2D eigenvalue weighted by Gasteiger charge is 2.37. The topological polar surface area (TPSA) is 42.1 Å². The van der Waals surface area contributed by atoms with Crippen molar-refractivity contribution >= 4 is 11.5 Å². The summed E-state index contributed by atoms with van der Waals surface area (Å²) in [5.41, 5.74) is 3.16. The molecule has 1 aromatic heterocycles. The Kier molecular flexibility index (Phi) is 1.75. The van der Waals surface area contributed by atoms with Crippen LogP contribution in [0.25, 0.3) is 5.76 Å². The number of carbonyl (C=O) groups excluding carboxylic acids is 1. The summed E-state index contributed by atoms with van der Waals surface area (Å²) < 4.78 is 5.71. The average molecular weight is 203 g/mol.